The van der Waals surface area contributed by atoms with Gasteiger partial charge < -0.3 is 13.3 Å². The SMILES string of the molecule is c1ccc2c(c1)oc1cc(-c3c4ccccc4c(-c4c5ccoc5cc5oc6ccccc6c45)c4ccccc34)ccc12. The van der Waals surface area contributed by atoms with E-state index >= 15 is 0 Å². The van der Waals surface area contributed by atoms with E-state index in [0.717, 1.165) is 66.0 Å². The maximum atomic E-state index is 6.40. The predicted molar refractivity (Wildman–Crippen MR) is 177 cm³/mol. The molecule has 0 N–H and O–H groups in total. The highest BCUT2D eigenvalue weighted by Crippen LogP contribution is 2.49. The molecule has 3 aromatic heterocycles. The number of para-hydroxylation sites is 2. The predicted octanol–water partition coefficient (Wildman–Crippen LogP) is 11.9. The largest absolute Gasteiger partial charge is 0.464 e. The molecular weight excluding hydrogens is 528 g/mol. The van der Waals surface area contributed by atoms with Crippen molar-refractivity contribution in [3.63, 3.8) is 0 Å². The smallest absolute Gasteiger partial charge is 0.139 e. The number of fused-ring (bicyclic) bond motifs is 9. The normalized spacial score (nSPS) is 12.2. The van der Waals surface area contributed by atoms with Gasteiger partial charge in [0.25, 0.3) is 0 Å². The second-order valence-electron chi connectivity index (χ2n) is 11.2. The van der Waals surface area contributed by atoms with Crippen LogP contribution in [-0.4, -0.2) is 0 Å². The van der Waals surface area contributed by atoms with Crippen molar-refractivity contribution >= 4 is 76.4 Å². The summed E-state index contributed by atoms with van der Waals surface area (Å²) in [5, 5.41) is 10.3. The van der Waals surface area contributed by atoms with Crippen molar-refractivity contribution < 1.29 is 13.3 Å². The molecular formula is C40H22O3. The molecule has 3 heterocycles. The Morgan fingerprint density at radius 3 is 1.60 bits per heavy atom. The molecule has 0 amide bonds. The van der Waals surface area contributed by atoms with E-state index in [4.69, 9.17) is 13.3 Å². The van der Waals surface area contributed by atoms with Crippen LogP contribution in [0.4, 0.5) is 0 Å². The van der Waals surface area contributed by atoms with Crippen LogP contribution in [0.1, 0.15) is 0 Å². The molecule has 10 aromatic rings. The molecule has 43 heavy (non-hydrogen) atoms. The molecule has 0 bridgehead atoms. The van der Waals surface area contributed by atoms with Gasteiger partial charge in [0.05, 0.1) is 6.26 Å². The van der Waals surface area contributed by atoms with Crippen molar-refractivity contribution in [3.8, 4) is 22.3 Å². The van der Waals surface area contributed by atoms with E-state index in [1.807, 2.05) is 30.3 Å². The van der Waals surface area contributed by atoms with Crippen molar-refractivity contribution in [1.29, 1.82) is 0 Å². The van der Waals surface area contributed by atoms with Gasteiger partial charge in [0.2, 0.25) is 0 Å². The van der Waals surface area contributed by atoms with E-state index in [-0.39, 0.29) is 0 Å². The van der Waals surface area contributed by atoms with Crippen LogP contribution in [0.2, 0.25) is 0 Å². The van der Waals surface area contributed by atoms with Gasteiger partial charge in [-0.15, -0.1) is 0 Å². The van der Waals surface area contributed by atoms with Gasteiger partial charge in [0, 0.05) is 38.6 Å². The fourth-order valence-corrected chi connectivity index (χ4v) is 7.17. The maximum absolute atomic E-state index is 6.40. The molecule has 3 heteroatoms. The standard InChI is InChI=1S/C40H22O3/c1-3-12-28-26(10-1)37(23-17-18-25-24-9-5-7-15-32(24)42-35(25)21-23)27-11-2-4-13-29(27)38(28)40-31-19-20-41-34(31)22-36-39(40)30-14-6-8-16-33(30)43-36/h1-22H. The second-order valence-corrected chi connectivity index (χ2v) is 11.2. The Hall–Kier alpha value is -5.80. The first kappa shape index (κ1) is 22.8. The highest BCUT2D eigenvalue weighted by Gasteiger charge is 2.23. The van der Waals surface area contributed by atoms with E-state index in [1.54, 1.807) is 6.26 Å². The van der Waals surface area contributed by atoms with Crippen LogP contribution in [0.25, 0.3) is 98.6 Å². The third kappa shape index (κ3) is 3.08. The number of rotatable bonds is 2. The topological polar surface area (TPSA) is 39.4 Å². The first-order chi connectivity index (χ1) is 21.3. The van der Waals surface area contributed by atoms with E-state index < -0.39 is 0 Å². The Bertz CT molecular complexity index is 2680. The van der Waals surface area contributed by atoms with E-state index in [1.165, 1.54) is 32.7 Å². The minimum absolute atomic E-state index is 0.814. The summed E-state index contributed by atoms with van der Waals surface area (Å²) in [6, 6.07) is 44.7. The second kappa shape index (κ2) is 8.37. The molecule has 0 aliphatic rings. The van der Waals surface area contributed by atoms with Crippen LogP contribution in [0, 0.1) is 0 Å². The van der Waals surface area contributed by atoms with Gasteiger partial charge in [-0.3, -0.25) is 0 Å². The zero-order valence-corrected chi connectivity index (χ0v) is 22.9. The van der Waals surface area contributed by atoms with Crippen molar-refractivity contribution in [2.75, 3.05) is 0 Å². The lowest BCUT2D eigenvalue weighted by atomic mass is 9.84. The minimum Gasteiger partial charge on any atom is -0.464 e. The van der Waals surface area contributed by atoms with Crippen LogP contribution >= 0.6 is 0 Å². The summed E-state index contributed by atoms with van der Waals surface area (Å²) >= 11 is 0. The van der Waals surface area contributed by atoms with Gasteiger partial charge in [0.1, 0.15) is 27.9 Å². The van der Waals surface area contributed by atoms with E-state index in [0.29, 0.717) is 0 Å². The minimum atomic E-state index is 0.814. The zero-order valence-electron chi connectivity index (χ0n) is 22.9. The molecule has 0 saturated heterocycles. The summed E-state index contributed by atoms with van der Waals surface area (Å²) in [6.07, 6.45) is 1.77. The summed E-state index contributed by atoms with van der Waals surface area (Å²) in [6.45, 7) is 0. The van der Waals surface area contributed by atoms with Crippen LogP contribution < -0.4 is 0 Å². The summed E-state index contributed by atoms with van der Waals surface area (Å²) in [4.78, 5) is 0. The molecule has 0 spiro atoms. The quantitative estimate of drug-likeness (QED) is 0.201. The fourth-order valence-electron chi connectivity index (χ4n) is 7.17. The van der Waals surface area contributed by atoms with E-state index in [2.05, 4.69) is 97.1 Å². The molecule has 0 aliphatic heterocycles. The first-order valence-corrected chi connectivity index (χ1v) is 14.5. The molecule has 7 aromatic carbocycles. The third-order valence-corrected chi connectivity index (χ3v) is 8.95. The van der Waals surface area contributed by atoms with E-state index in [9.17, 15) is 0 Å². The molecule has 0 saturated carbocycles. The number of hydrogen-bond donors (Lipinski definition) is 0. The lowest BCUT2D eigenvalue weighted by molar-refractivity contribution is 0.613. The van der Waals surface area contributed by atoms with Gasteiger partial charge in [0.15, 0.2) is 0 Å². The third-order valence-electron chi connectivity index (χ3n) is 8.95. The Morgan fingerprint density at radius 2 is 0.884 bits per heavy atom. The van der Waals surface area contributed by atoms with Gasteiger partial charge in [-0.2, -0.15) is 0 Å². The Balaban J connectivity index is 1.38. The van der Waals surface area contributed by atoms with Gasteiger partial charge in [-0.25, -0.2) is 0 Å². The Morgan fingerprint density at radius 1 is 0.326 bits per heavy atom. The maximum Gasteiger partial charge on any atom is 0.139 e. The molecule has 200 valence electrons. The molecule has 0 atom stereocenters. The molecule has 3 nitrogen and oxygen atoms in total. The van der Waals surface area contributed by atoms with Gasteiger partial charge in [-0.1, -0.05) is 91.0 Å². The van der Waals surface area contributed by atoms with Gasteiger partial charge >= 0.3 is 0 Å². The lowest BCUT2D eigenvalue weighted by Crippen LogP contribution is -1.92. The number of benzene rings is 7. The van der Waals surface area contributed by atoms with Crippen LogP contribution in [-0.2, 0) is 0 Å². The van der Waals surface area contributed by atoms with Crippen LogP contribution in [0.3, 0.4) is 0 Å². The Labute approximate surface area is 245 Å². The van der Waals surface area contributed by atoms with Crippen molar-refractivity contribution in [3.05, 3.63) is 134 Å². The fraction of sp³-hybridized carbons (Fsp3) is 0. The molecule has 0 unspecified atom stereocenters. The van der Waals surface area contributed by atoms with Crippen molar-refractivity contribution in [2.45, 2.75) is 0 Å². The number of furan rings is 3. The molecule has 0 radical (unpaired) electrons. The number of hydrogen-bond acceptors (Lipinski definition) is 3. The van der Waals surface area contributed by atoms with Gasteiger partial charge in [-0.05, 0) is 68.6 Å². The summed E-state index contributed by atoms with van der Waals surface area (Å²) < 4.78 is 18.7. The molecule has 10 rings (SSSR count). The highest BCUT2D eigenvalue weighted by molar-refractivity contribution is 6.29. The molecule has 0 fully saturated rings. The summed E-state index contributed by atoms with van der Waals surface area (Å²) in [7, 11) is 0. The average molecular weight is 551 g/mol. The highest BCUT2D eigenvalue weighted by atomic mass is 16.3. The Kier molecular flexibility index (Phi) is 4.45. The van der Waals surface area contributed by atoms with Crippen LogP contribution in [0.5, 0.6) is 0 Å². The van der Waals surface area contributed by atoms with Crippen LogP contribution in [0.15, 0.2) is 147 Å². The lowest BCUT2D eigenvalue weighted by Gasteiger charge is -2.18. The first-order valence-electron chi connectivity index (χ1n) is 14.5. The monoisotopic (exact) mass is 550 g/mol. The average Bonchev–Trinajstić information content (AvgIpc) is 3.77. The summed E-state index contributed by atoms with van der Waals surface area (Å²) in [5.41, 5.74) is 8.96. The van der Waals surface area contributed by atoms with Crippen molar-refractivity contribution in [1.82, 2.24) is 0 Å². The molecule has 0 aliphatic carbocycles. The zero-order chi connectivity index (χ0) is 28.1. The van der Waals surface area contributed by atoms with Crippen molar-refractivity contribution in [2.24, 2.45) is 0 Å². The summed E-state index contributed by atoms with van der Waals surface area (Å²) in [5.74, 6) is 0.